The van der Waals surface area contributed by atoms with Crippen LogP contribution in [0, 0.1) is 0 Å². The van der Waals surface area contributed by atoms with Crippen molar-refractivity contribution < 1.29 is 19.0 Å². The summed E-state index contributed by atoms with van der Waals surface area (Å²) in [6, 6.07) is 15.8. The van der Waals surface area contributed by atoms with Gasteiger partial charge in [-0.15, -0.1) is 0 Å². The normalized spacial score (nSPS) is 17.2. The fraction of sp³-hybridized carbons (Fsp3) is 0.318. The van der Waals surface area contributed by atoms with E-state index in [1.807, 2.05) is 30.3 Å². The summed E-state index contributed by atoms with van der Waals surface area (Å²) in [6.07, 6.45) is 3.96. The standard InChI is InChI=1S/C22H25NO4/c1-25-20-12-18(13-21(14-20)26-2)8-9-22(24)27-19-10-11-23(16-19)15-17-6-4-3-5-7-17/h3-9,12-14,19H,10-11,15-16H2,1-2H3/t19-/m1/s1. The smallest absolute Gasteiger partial charge is 0.331 e. The molecule has 1 heterocycles. The Morgan fingerprint density at radius 2 is 1.81 bits per heavy atom. The fourth-order valence-electron chi connectivity index (χ4n) is 3.17. The van der Waals surface area contributed by atoms with Crippen molar-refractivity contribution in [3.05, 3.63) is 65.7 Å². The van der Waals surface area contributed by atoms with Gasteiger partial charge < -0.3 is 14.2 Å². The molecule has 3 rings (SSSR count). The third-order valence-electron chi connectivity index (χ3n) is 4.55. The molecule has 2 aromatic carbocycles. The summed E-state index contributed by atoms with van der Waals surface area (Å²) < 4.78 is 16.1. The van der Waals surface area contributed by atoms with Crippen LogP contribution >= 0.6 is 0 Å². The number of hydrogen-bond acceptors (Lipinski definition) is 5. The van der Waals surface area contributed by atoms with E-state index in [4.69, 9.17) is 14.2 Å². The number of rotatable bonds is 7. The Labute approximate surface area is 160 Å². The molecule has 0 saturated carbocycles. The summed E-state index contributed by atoms with van der Waals surface area (Å²) in [5, 5.41) is 0. The third kappa shape index (κ3) is 5.59. The Morgan fingerprint density at radius 3 is 2.48 bits per heavy atom. The zero-order valence-corrected chi connectivity index (χ0v) is 15.8. The number of likely N-dealkylation sites (tertiary alicyclic amines) is 1. The van der Waals surface area contributed by atoms with E-state index in [0.717, 1.165) is 31.6 Å². The number of benzene rings is 2. The van der Waals surface area contributed by atoms with Crippen LogP contribution in [-0.2, 0) is 16.1 Å². The number of esters is 1. The highest BCUT2D eigenvalue weighted by atomic mass is 16.5. The average Bonchev–Trinajstić information content (AvgIpc) is 3.13. The molecule has 27 heavy (non-hydrogen) atoms. The molecule has 0 N–H and O–H groups in total. The molecule has 2 aromatic rings. The average molecular weight is 367 g/mol. The summed E-state index contributed by atoms with van der Waals surface area (Å²) in [6.45, 7) is 2.58. The molecule has 0 unspecified atom stereocenters. The number of hydrogen-bond donors (Lipinski definition) is 0. The van der Waals surface area contributed by atoms with Gasteiger partial charge in [0.25, 0.3) is 0 Å². The molecular weight excluding hydrogens is 342 g/mol. The van der Waals surface area contributed by atoms with Gasteiger partial charge in [0.1, 0.15) is 17.6 Å². The maximum absolute atomic E-state index is 12.2. The Balaban J connectivity index is 1.51. The second-order valence-corrected chi connectivity index (χ2v) is 6.55. The van der Waals surface area contributed by atoms with Gasteiger partial charge in [-0.3, -0.25) is 4.90 Å². The van der Waals surface area contributed by atoms with Crippen LogP contribution in [0.1, 0.15) is 17.5 Å². The highest BCUT2D eigenvalue weighted by molar-refractivity contribution is 5.87. The molecular formula is C22H25NO4. The van der Waals surface area contributed by atoms with Crippen molar-refractivity contribution in [2.45, 2.75) is 19.1 Å². The van der Waals surface area contributed by atoms with Crippen LogP contribution in [-0.4, -0.2) is 44.3 Å². The van der Waals surface area contributed by atoms with E-state index in [2.05, 4.69) is 17.0 Å². The number of ether oxygens (including phenoxy) is 3. The topological polar surface area (TPSA) is 48.0 Å². The lowest BCUT2D eigenvalue weighted by Gasteiger charge is -2.15. The maximum atomic E-state index is 12.2. The van der Waals surface area contributed by atoms with Gasteiger partial charge in [0, 0.05) is 31.8 Å². The van der Waals surface area contributed by atoms with Crippen LogP contribution in [0.3, 0.4) is 0 Å². The van der Waals surface area contributed by atoms with Gasteiger partial charge in [-0.2, -0.15) is 0 Å². The van der Waals surface area contributed by atoms with Gasteiger partial charge in [0.15, 0.2) is 0 Å². The summed E-state index contributed by atoms with van der Waals surface area (Å²) >= 11 is 0. The Hall–Kier alpha value is -2.79. The van der Waals surface area contributed by atoms with Crippen LogP contribution in [0.5, 0.6) is 11.5 Å². The van der Waals surface area contributed by atoms with Crippen LogP contribution in [0.2, 0.25) is 0 Å². The van der Waals surface area contributed by atoms with Crippen LogP contribution in [0.15, 0.2) is 54.6 Å². The van der Waals surface area contributed by atoms with Gasteiger partial charge >= 0.3 is 5.97 Å². The lowest BCUT2D eigenvalue weighted by atomic mass is 10.2. The van der Waals surface area contributed by atoms with Gasteiger partial charge in [0.2, 0.25) is 0 Å². The predicted octanol–water partition coefficient (Wildman–Crippen LogP) is 3.53. The van der Waals surface area contributed by atoms with Gasteiger partial charge in [-0.25, -0.2) is 4.79 Å². The van der Waals surface area contributed by atoms with E-state index in [1.54, 1.807) is 26.4 Å². The van der Waals surface area contributed by atoms with Crippen LogP contribution in [0.25, 0.3) is 6.08 Å². The molecule has 5 nitrogen and oxygen atoms in total. The first-order valence-corrected chi connectivity index (χ1v) is 9.04. The van der Waals surface area contributed by atoms with Gasteiger partial charge in [-0.05, 0) is 35.8 Å². The second-order valence-electron chi connectivity index (χ2n) is 6.55. The van der Waals surface area contributed by atoms with E-state index in [1.165, 1.54) is 11.6 Å². The third-order valence-corrected chi connectivity index (χ3v) is 4.55. The molecule has 0 spiro atoms. The van der Waals surface area contributed by atoms with E-state index in [-0.39, 0.29) is 12.1 Å². The van der Waals surface area contributed by atoms with Gasteiger partial charge in [0.05, 0.1) is 14.2 Å². The number of nitrogens with zero attached hydrogens (tertiary/aromatic N) is 1. The molecule has 0 aromatic heterocycles. The maximum Gasteiger partial charge on any atom is 0.331 e. The molecule has 1 atom stereocenters. The summed E-state index contributed by atoms with van der Waals surface area (Å²) in [5.41, 5.74) is 2.09. The van der Waals surface area contributed by atoms with Crippen molar-refractivity contribution in [3.8, 4) is 11.5 Å². The molecule has 1 aliphatic heterocycles. The Bertz CT molecular complexity index is 766. The molecule has 142 valence electrons. The molecule has 5 heteroatoms. The quantitative estimate of drug-likeness (QED) is 0.553. The van der Waals surface area contributed by atoms with Crippen LogP contribution < -0.4 is 9.47 Å². The molecule has 1 aliphatic rings. The van der Waals surface area contributed by atoms with E-state index in [9.17, 15) is 4.79 Å². The first-order valence-electron chi connectivity index (χ1n) is 9.04. The zero-order chi connectivity index (χ0) is 19.1. The first-order chi connectivity index (χ1) is 13.2. The van der Waals surface area contributed by atoms with Crippen molar-refractivity contribution in [2.75, 3.05) is 27.3 Å². The highest BCUT2D eigenvalue weighted by Gasteiger charge is 2.24. The SMILES string of the molecule is COc1cc(C=CC(=O)O[C@@H]2CCN(Cc3ccccc3)C2)cc(OC)c1. The molecule has 1 fully saturated rings. The van der Waals surface area contributed by atoms with E-state index in [0.29, 0.717) is 11.5 Å². The first kappa shape index (κ1) is 19.0. The lowest BCUT2D eigenvalue weighted by molar-refractivity contribution is -0.142. The van der Waals surface area contributed by atoms with Crippen molar-refractivity contribution in [1.82, 2.24) is 4.90 Å². The Morgan fingerprint density at radius 1 is 1.11 bits per heavy atom. The Kier molecular flexibility index (Phi) is 6.49. The molecule has 0 bridgehead atoms. The number of carbonyl (C=O) groups excluding carboxylic acids is 1. The minimum absolute atomic E-state index is 0.0642. The minimum atomic E-state index is -0.330. The molecule has 1 saturated heterocycles. The summed E-state index contributed by atoms with van der Waals surface area (Å²) in [5.74, 6) is 1.02. The van der Waals surface area contributed by atoms with Crippen molar-refractivity contribution in [3.63, 3.8) is 0 Å². The van der Waals surface area contributed by atoms with Crippen molar-refractivity contribution in [1.29, 1.82) is 0 Å². The molecule has 0 amide bonds. The zero-order valence-electron chi connectivity index (χ0n) is 15.8. The number of carbonyl (C=O) groups is 1. The number of methoxy groups -OCH3 is 2. The van der Waals surface area contributed by atoms with E-state index >= 15 is 0 Å². The van der Waals surface area contributed by atoms with Gasteiger partial charge in [-0.1, -0.05) is 30.3 Å². The second kappa shape index (κ2) is 9.24. The summed E-state index contributed by atoms with van der Waals surface area (Å²) in [4.78, 5) is 14.5. The fourth-order valence-corrected chi connectivity index (χ4v) is 3.17. The largest absolute Gasteiger partial charge is 0.497 e. The van der Waals surface area contributed by atoms with Crippen molar-refractivity contribution in [2.24, 2.45) is 0 Å². The lowest BCUT2D eigenvalue weighted by Crippen LogP contribution is -2.24. The molecule has 0 radical (unpaired) electrons. The highest BCUT2D eigenvalue weighted by Crippen LogP contribution is 2.23. The summed E-state index contributed by atoms with van der Waals surface area (Å²) in [7, 11) is 3.19. The van der Waals surface area contributed by atoms with Crippen LogP contribution in [0.4, 0.5) is 0 Å². The van der Waals surface area contributed by atoms with Crippen molar-refractivity contribution >= 4 is 12.0 Å². The molecule has 0 aliphatic carbocycles. The monoisotopic (exact) mass is 367 g/mol. The predicted molar refractivity (Wildman–Crippen MR) is 105 cm³/mol. The minimum Gasteiger partial charge on any atom is -0.497 e. The van der Waals surface area contributed by atoms with E-state index < -0.39 is 0 Å².